The van der Waals surface area contributed by atoms with E-state index in [1.807, 2.05) is 0 Å². The molecule has 3 rings (SSSR count). The van der Waals surface area contributed by atoms with Crippen molar-refractivity contribution in [3.63, 3.8) is 0 Å². The van der Waals surface area contributed by atoms with Gasteiger partial charge in [0, 0.05) is 10.4 Å². The summed E-state index contributed by atoms with van der Waals surface area (Å²) in [5, 5.41) is 13.9. The van der Waals surface area contributed by atoms with Gasteiger partial charge in [-0.05, 0) is 54.4 Å². The van der Waals surface area contributed by atoms with Crippen molar-refractivity contribution >= 4 is 45.4 Å². The standard InChI is InChI=1S/C20H20Cl2N2OS/c1-20(2,3)12-5-6-13-14(10-23)19(26-17(13)9-12)24-18(25)11-4-7-15(21)16(22)8-11/h4,7-8,12H,5-6,9H2,1-3H3,(H,24,25)/t12-/m1/s1. The fourth-order valence-electron chi connectivity index (χ4n) is 3.34. The van der Waals surface area contributed by atoms with Crippen LogP contribution < -0.4 is 5.32 Å². The summed E-state index contributed by atoms with van der Waals surface area (Å²) in [7, 11) is 0. The lowest BCUT2D eigenvalue weighted by Crippen LogP contribution is -2.26. The Morgan fingerprint density at radius 3 is 2.65 bits per heavy atom. The van der Waals surface area contributed by atoms with Crippen molar-refractivity contribution in [3.05, 3.63) is 49.8 Å². The monoisotopic (exact) mass is 406 g/mol. The summed E-state index contributed by atoms with van der Waals surface area (Å²) in [4.78, 5) is 13.8. The number of thiophene rings is 1. The van der Waals surface area contributed by atoms with E-state index in [-0.39, 0.29) is 11.3 Å². The molecule has 0 bridgehead atoms. The van der Waals surface area contributed by atoms with Gasteiger partial charge in [-0.25, -0.2) is 0 Å². The van der Waals surface area contributed by atoms with Crippen LogP contribution >= 0.6 is 34.5 Å². The van der Waals surface area contributed by atoms with E-state index in [1.54, 1.807) is 12.1 Å². The maximum Gasteiger partial charge on any atom is 0.256 e. The van der Waals surface area contributed by atoms with Crippen LogP contribution in [0.25, 0.3) is 0 Å². The average Bonchev–Trinajstić information content (AvgIpc) is 2.92. The molecule has 1 N–H and O–H groups in total. The molecule has 0 aliphatic heterocycles. The summed E-state index contributed by atoms with van der Waals surface area (Å²) < 4.78 is 0. The largest absolute Gasteiger partial charge is 0.312 e. The first-order chi connectivity index (χ1) is 12.2. The predicted molar refractivity (Wildman–Crippen MR) is 108 cm³/mol. The smallest absolute Gasteiger partial charge is 0.256 e. The average molecular weight is 407 g/mol. The fourth-order valence-corrected chi connectivity index (χ4v) is 4.92. The SMILES string of the molecule is CC(C)(C)[C@@H]1CCc2c(sc(NC(=O)c3ccc(Cl)c(Cl)c3)c2C#N)C1. The molecule has 3 nitrogen and oxygen atoms in total. The highest BCUT2D eigenvalue weighted by molar-refractivity contribution is 7.16. The summed E-state index contributed by atoms with van der Waals surface area (Å²) in [6, 6.07) is 7.04. The number of hydrogen-bond acceptors (Lipinski definition) is 3. The third kappa shape index (κ3) is 3.76. The molecule has 6 heteroatoms. The van der Waals surface area contributed by atoms with Crippen molar-refractivity contribution in [3.8, 4) is 6.07 Å². The second-order valence-electron chi connectivity index (χ2n) is 7.71. The number of rotatable bonds is 2. The van der Waals surface area contributed by atoms with Crippen LogP contribution in [0.4, 0.5) is 5.00 Å². The second kappa shape index (κ2) is 7.23. The van der Waals surface area contributed by atoms with Crippen molar-refractivity contribution in [2.75, 3.05) is 5.32 Å². The number of hydrogen-bond donors (Lipinski definition) is 1. The number of nitrogens with one attached hydrogen (secondary N) is 1. The fraction of sp³-hybridized carbons (Fsp3) is 0.400. The predicted octanol–water partition coefficient (Wildman–Crippen LogP) is 6.33. The number of benzene rings is 1. The van der Waals surface area contributed by atoms with Crippen molar-refractivity contribution in [1.82, 2.24) is 0 Å². The van der Waals surface area contributed by atoms with E-state index in [4.69, 9.17) is 23.2 Å². The van der Waals surface area contributed by atoms with Crippen molar-refractivity contribution in [2.45, 2.75) is 40.0 Å². The summed E-state index contributed by atoms with van der Waals surface area (Å²) in [6.07, 6.45) is 2.92. The van der Waals surface area contributed by atoms with E-state index < -0.39 is 0 Å². The zero-order chi connectivity index (χ0) is 19.1. The number of carbonyl (C=O) groups is 1. The van der Waals surface area contributed by atoms with Crippen LogP contribution in [-0.2, 0) is 12.8 Å². The third-order valence-corrected chi connectivity index (χ3v) is 6.92. The lowest BCUT2D eigenvalue weighted by molar-refractivity contribution is 0.102. The molecule has 1 heterocycles. The van der Waals surface area contributed by atoms with E-state index in [2.05, 4.69) is 32.2 Å². The van der Waals surface area contributed by atoms with Gasteiger partial charge < -0.3 is 5.32 Å². The molecule has 0 spiro atoms. The molecule has 1 aromatic heterocycles. The number of nitrogens with zero attached hydrogens (tertiary/aromatic N) is 1. The molecule has 0 fully saturated rings. The minimum absolute atomic E-state index is 0.234. The van der Waals surface area contributed by atoms with Gasteiger partial charge in [0.25, 0.3) is 5.91 Å². The minimum atomic E-state index is -0.286. The van der Waals surface area contributed by atoms with Gasteiger partial charge in [-0.3, -0.25) is 4.79 Å². The molecule has 1 atom stereocenters. The van der Waals surface area contributed by atoms with Crippen LogP contribution in [0.3, 0.4) is 0 Å². The first-order valence-electron chi connectivity index (χ1n) is 8.51. The topological polar surface area (TPSA) is 52.9 Å². The number of anilines is 1. The highest BCUT2D eigenvalue weighted by atomic mass is 35.5. The highest BCUT2D eigenvalue weighted by Gasteiger charge is 2.32. The normalized spacial score (nSPS) is 16.7. The van der Waals surface area contributed by atoms with Crippen LogP contribution in [0.5, 0.6) is 0 Å². The Hall–Kier alpha value is -1.54. The molecule has 0 saturated heterocycles. The number of fused-ring (bicyclic) bond motifs is 1. The van der Waals surface area contributed by atoms with Gasteiger partial charge in [0.05, 0.1) is 15.6 Å². The molecule has 26 heavy (non-hydrogen) atoms. The second-order valence-corrected chi connectivity index (χ2v) is 9.63. The van der Waals surface area contributed by atoms with Crippen LogP contribution in [0.15, 0.2) is 18.2 Å². The summed E-state index contributed by atoms with van der Waals surface area (Å²) >= 11 is 13.4. The van der Waals surface area contributed by atoms with Gasteiger partial charge in [-0.15, -0.1) is 11.3 Å². The lowest BCUT2D eigenvalue weighted by Gasteiger charge is -2.33. The summed E-state index contributed by atoms with van der Waals surface area (Å²) in [5.41, 5.74) is 2.35. The maximum absolute atomic E-state index is 12.6. The third-order valence-electron chi connectivity index (χ3n) is 5.01. The van der Waals surface area contributed by atoms with Gasteiger partial charge in [0.2, 0.25) is 0 Å². The van der Waals surface area contributed by atoms with Crippen LogP contribution in [0.1, 0.15) is 53.6 Å². The van der Waals surface area contributed by atoms with E-state index in [1.165, 1.54) is 22.3 Å². The molecule has 136 valence electrons. The maximum atomic E-state index is 12.6. The zero-order valence-electron chi connectivity index (χ0n) is 15.0. The first-order valence-corrected chi connectivity index (χ1v) is 10.1. The molecule has 0 radical (unpaired) electrons. The van der Waals surface area contributed by atoms with E-state index in [0.29, 0.717) is 32.1 Å². The number of carbonyl (C=O) groups excluding carboxylic acids is 1. The Kier molecular flexibility index (Phi) is 5.35. The Bertz CT molecular complexity index is 906. The number of amides is 1. The van der Waals surface area contributed by atoms with Gasteiger partial charge in [0.1, 0.15) is 11.1 Å². The Morgan fingerprint density at radius 1 is 1.31 bits per heavy atom. The van der Waals surface area contributed by atoms with Crippen LogP contribution in [0.2, 0.25) is 10.0 Å². The molecule has 0 saturated carbocycles. The number of halogens is 2. The Labute approximate surface area is 167 Å². The Balaban J connectivity index is 1.87. The lowest BCUT2D eigenvalue weighted by atomic mass is 9.72. The molecule has 0 unspecified atom stereocenters. The quantitative estimate of drug-likeness (QED) is 0.632. The molecule has 2 aromatic rings. The van der Waals surface area contributed by atoms with Crippen LogP contribution in [0, 0.1) is 22.7 Å². The van der Waals surface area contributed by atoms with Gasteiger partial charge >= 0.3 is 0 Å². The molecule has 1 amide bonds. The molecule has 1 aliphatic rings. The van der Waals surface area contributed by atoms with E-state index in [9.17, 15) is 10.1 Å². The molecular weight excluding hydrogens is 387 g/mol. The molecular formula is C20H20Cl2N2OS. The van der Waals surface area contributed by atoms with E-state index in [0.717, 1.165) is 24.8 Å². The van der Waals surface area contributed by atoms with Crippen molar-refractivity contribution in [2.24, 2.45) is 11.3 Å². The van der Waals surface area contributed by atoms with Crippen molar-refractivity contribution in [1.29, 1.82) is 5.26 Å². The molecule has 1 aliphatic carbocycles. The van der Waals surface area contributed by atoms with Gasteiger partial charge in [0.15, 0.2) is 0 Å². The Morgan fingerprint density at radius 2 is 2.04 bits per heavy atom. The highest BCUT2D eigenvalue weighted by Crippen LogP contribution is 2.44. The van der Waals surface area contributed by atoms with Crippen LogP contribution in [-0.4, -0.2) is 5.91 Å². The summed E-state index contributed by atoms with van der Waals surface area (Å²) in [5.74, 6) is 0.296. The molecule has 1 aromatic carbocycles. The zero-order valence-corrected chi connectivity index (χ0v) is 17.3. The summed E-state index contributed by atoms with van der Waals surface area (Å²) in [6.45, 7) is 6.78. The van der Waals surface area contributed by atoms with Gasteiger partial charge in [-0.2, -0.15) is 5.26 Å². The van der Waals surface area contributed by atoms with Crippen molar-refractivity contribution < 1.29 is 4.79 Å². The number of nitriles is 1. The first kappa shape index (κ1) is 19.2. The van der Waals surface area contributed by atoms with E-state index >= 15 is 0 Å². The minimum Gasteiger partial charge on any atom is -0.312 e. The van der Waals surface area contributed by atoms with Gasteiger partial charge in [-0.1, -0.05) is 44.0 Å².